The number of aliphatic hydroxyl groups is 1. The molecule has 0 bridgehead atoms. The first kappa shape index (κ1) is 23.1. The Bertz CT molecular complexity index is 1360. The van der Waals surface area contributed by atoms with Crippen LogP contribution in [0.25, 0.3) is 11.0 Å². The predicted octanol–water partition coefficient (Wildman–Crippen LogP) is 4.75. The maximum atomic E-state index is 14.4. The van der Waals surface area contributed by atoms with Gasteiger partial charge >= 0.3 is 0 Å². The zero-order valence-corrected chi connectivity index (χ0v) is 19.8. The quantitative estimate of drug-likeness (QED) is 0.421. The number of amides is 1. The molecule has 35 heavy (non-hydrogen) atoms. The number of para-hydroxylation sites is 3. The molecule has 1 aliphatic heterocycles. The molecule has 5 rings (SSSR count). The van der Waals surface area contributed by atoms with Gasteiger partial charge in [-0.25, -0.2) is 9.37 Å². The van der Waals surface area contributed by atoms with Crippen LogP contribution in [-0.2, 0) is 11.3 Å². The number of fused-ring (bicyclic) bond motifs is 1. The second kappa shape index (κ2) is 9.50. The number of aliphatic hydroxyl groups excluding tert-OH is 1. The van der Waals surface area contributed by atoms with E-state index in [1.54, 1.807) is 18.2 Å². The summed E-state index contributed by atoms with van der Waals surface area (Å²) in [5, 5.41) is 10.9. The van der Waals surface area contributed by atoms with Crippen molar-refractivity contribution in [1.29, 1.82) is 0 Å². The number of nitrogens with zero attached hydrogens (tertiary/aromatic N) is 3. The zero-order chi connectivity index (χ0) is 24.5. The molecule has 3 aromatic carbocycles. The number of imidazole rings is 1. The molecule has 180 valence electrons. The topological polar surface area (TPSA) is 67.6 Å². The Hall–Kier alpha value is -3.71. The minimum absolute atomic E-state index is 0.125. The summed E-state index contributed by atoms with van der Waals surface area (Å²) in [6.07, 6.45) is -0.556. The molecule has 2 atom stereocenters. The highest BCUT2D eigenvalue weighted by atomic mass is 19.1. The van der Waals surface area contributed by atoms with Crippen molar-refractivity contribution in [1.82, 2.24) is 9.55 Å². The summed E-state index contributed by atoms with van der Waals surface area (Å²) in [6.45, 7) is 4.74. The van der Waals surface area contributed by atoms with Crippen molar-refractivity contribution in [3.63, 3.8) is 0 Å². The van der Waals surface area contributed by atoms with Crippen LogP contribution < -0.4 is 9.64 Å². The zero-order valence-electron chi connectivity index (χ0n) is 19.8. The summed E-state index contributed by atoms with van der Waals surface area (Å²) >= 11 is 0. The number of aromatic nitrogens is 2. The molecule has 7 heteroatoms. The van der Waals surface area contributed by atoms with Crippen molar-refractivity contribution in [2.24, 2.45) is 0 Å². The first-order chi connectivity index (χ1) is 16.9. The van der Waals surface area contributed by atoms with E-state index in [4.69, 9.17) is 9.72 Å². The van der Waals surface area contributed by atoms with Crippen molar-refractivity contribution in [2.75, 3.05) is 18.1 Å². The highest BCUT2D eigenvalue weighted by Crippen LogP contribution is 2.34. The van der Waals surface area contributed by atoms with Crippen molar-refractivity contribution >= 4 is 22.6 Å². The number of rotatable bonds is 7. The number of aryl methyl sites for hydroxylation is 2. The van der Waals surface area contributed by atoms with Crippen LogP contribution in [0.15, 0.2) is 66.7 Å². The lowest BCUT2D eigenvalue weighted by atomic mass is 10.1. The third-order valence-electron chi connectivity index (χ3n) is 6.35. The molecule has 4 aromatic rings. The lowest BCUT2D eigenvalue weighted by Gasteiger charge is -2.19. The van der Waals surface area contributed by atoms with Gasteiger partial charge in [0, 0.05) is 18.9 Å². The molecule has 0 radical (unpaired) electrons. The minimum atomic E-state index is -0.785. The molecule has 0 aliphatic carbocycles. The first-order valence-corrected chi connectivity index (χ1v) is 11.8. The summed E-state index contributed by atoms with van der Waals surface area (Å²) in [6, 6.07) is 20.0. The molecule has 1 amide bonds. The summed E-state index contributed by atoms with van der Waals surface area (Å²) in [4.78, 5) is 19.1. The maximum Gasteiger partial charge on any atom is 0.227 e. The molecule has 1 aliphatic rings. The Morgan fingerprint density at radius 1 is 1.09 bits per heavy atom. The molecule has 1 N–H and O–H groups in total. The molecule has 0 unspecified atom stereocenters. The number of hydrogen-bond acceptors (Lipinski definition) is 4. The summed E-state index contributed by atoms with van der Waals surface area (Å²) in [5.74, 6) is 0.649. The van der Waals surface area contributed by atoms with E-state index in [0.29, 0.717) is 12.4 Å². The molecule has 0 saturated carbocycles. The van der Waals surface area contributed by atoms with Crippen LogP contribution in [0.2, 0.25) is 0 Å². The summed E-state index contributed by atoms with van der Waals surface area (Å²) < 4.78 is 22.2. The minimum Gasteiger partial charge on any atom is -0.491 e. The van der Waals surface area contributed by atoms with Crippen LogP contribution in [0.1, 0.15) is 29.3 Å². The van der Waals surface area contributed by atoms with Crippen LogP contribution >= 0.6 is 0 Å². The van der Waals surface area contributed by atoms with Crippen LogP contribution in [0.5, 0.6) is 5.75 Å². The standard InChI is InChI=1S/C28H28FN3O3/c1-18-11-19(2)13-22(12-18)35-17-21(33)16-32-26-10-6-4-8-24(26)30-28(32)20-14-27(34)31(15-20)25-9-5-3-7-23(25)29/h3-13,20-21,33H,14-17H2,1-2H3/t20-,21-/m1/s1. The number of ether oxygens (including phenoxy) is 1. The van der Waals surface area contributed by atoms with Gasteiger partial charge in [-0.1, -0.05) is 30.3 Å². The Morgan fingerprint density at radius 3 is 2.57 bits per heavy atom. The van der Waals surface area contributed by atoms with E-state index in [2.05, 4.69) is 6.07 Å². The largest absolute Gasteiger partial charge is 0.491 e. The first-order valence-electron chi connectivity index (χ1n) is 11.8. The van der Waals surface area contributed by atoms with Gasteiger partial charge in [-0.3, -0.25) is 4.79 Å². The van der Waals surface area contributed by atoms with Crippen molar-refractivity contribution in [2.45, 2.75) is 38.8 Å². The molecule has 1 saturated heterocycles. The summed E-state index contributed by atoms with van der Waals surface area (Å²) in [7, 11) is 0. The van der Waals surface area contributed by atoms with E-state index >= 15 is 0 Å². The van der Waals surface area contributed by atoms with Gasteiger partial charge in [0.05, 0.1) is 23.3 Å². The van der Waals surface area contributed by atoms with Crippen LogP contribution in [-0.4, -0.2) is 39.8 Å². The number of hydrogen-bond donors (Lipinski definition) is 1. The van der Waals surface area contributed by atoms with E-state index in [0.717, 1.165) is 27.9 Å². The van der Waals surface area contributed by atoms with Crippen molar-refractivity contribution < 1.29 is 19.0 Å². The molecule has 2 heterocycles. The fourth-order valence-electron chi connectivity index (χ4n) is 4.85. The lowest BCUT2D eigenvalue weighted by Crippen LogP contribution is -2.27. The van der Waals surface area contributed by atoms with Gasteiger partial charge in [-0.2, -0.15) is 0 Å². The predicted molar refractivity (Wildman–Crippen MR) is 133 cm³/mol. The van der Waals surface area contributed by atoms with Gasteiger partial charge in [0.1, 0.15) is 30.1 Å². The highest BCUT2D eigenvalue weighted by molar-refractivity contribution is 5.96. The Balaban J connectivity index is 1.39. The highest BCUT2D eigenvalue weighted by Gasteiger charge is 2.36. The molecule has 6 nitrogen and oxygen atoms in total. The van der Waals surface area contributed by atoms with E-state index in [1.165, 1.54) is 11.0 Å². The van der Waals surface area contributed by atoms with Gasteiger partial charge in [-0.15, -0.1) is 0 Å². The normalized spacial score (nSPS) is 16.7. The van der Waals surface area contributed by atoms with Crippen LogP contribution in [0, 0.1) is 19.7 Å². The lowest BCUT2D eigenvalue weighted by molar-refractivity contribution is -0.117. The molecular formula is C28H28FN3O3. The van der Waals surface area contributed by atoms with Crippen LogP contribution in [0.4, 0.5) is 10.1 Å². The molecule has 1 aromatic heterocycles. The smallest absolute Gasteiger partial charge is 0.227 e. The van der Waals surface area contributed by atoms with E-state index < -0.39 is 11.9 Å². The van der Waals surface area contributed by atoms with Gasteiger partial charge in [0.25, 0.3) is 0 Å². The molecular weight excluding hydrogens is 445 g/mol. The Labute approximate surface area is 203 Å². The van der Waals surface area contributed by atoms with Crippen LogP contribution in [0.3, 0.4) is 0 Å². The fourth-order valence-corrected chi connectivity index (χ4v) is 4.85. The third-order valence-corrected chi connectivity index (χ3v) is 6.35. The van der Waals surface area contributed by atoms with Gasteiger partial charge in [-0.05, 0) is 61.4 Å². The second-order valence-electron chi connectivity index (χ2n) is 9.21. The Kier molecular flexibility index (Phi) is 6.26. The average molecular weight is 474 g/mol. The summed E-state index contributed by atoms with van der Waals surface area (Å²) in [5.41, 5.74) is 4.15. The van der Waals surface area contributed by atoms with Gasteiger partial charge in [0.15, 0.2) is 0 Å². The SMILES string of the molecule is Cc1cc(C)cc(OC[C@H](O)Cn2c([C@@H]3CC(=O)N(c4ccccc4F)C3)nc3ccccc32)c1. The van der Waals surface area contributed by atoms with Crippen molar-refractivity contribution in [3.05, 3.63) is 89.5 Å². The number of carbonyl (C=O) groups is 1. The second-order valence-corrected chi connectivity index (χ2v) is 9.21. The average Bonchev–Trinajstić information content (AvgIpc) is 3.38. The molecule has 1 fully saturated rings. The number of halogens is 1. The fraction of sp³-hybridized carbons (Fsp3) is 0.286. The Morgan fingerprint density at radius 2 is 1.80 bits per heavy atom. The maximum absolute atomic E-state index is 14.4. The van der Waals surface area contributed by atoms with Crippen molar-refractivity contribution in [3.8, 4) is 5.75 Å². The number of benzene rings is 3. The molecule has 0 spiro atoms. The van der Waals surface area contributed by atoms with E-state index in [-0.39, 0.29) is 37.1 Å². The monoisotopic (exact) mass is 473 g/mol. The van der Waals surface area contributed by atoms with E-state index in [1.807, 2.05) is 54.8 Å². The number of anilines is 1. The van der Waals surface area contributed by atoms with E-state index in [9.17, 15) is 14.3 Å². The third kappa shape index (κ3) is 4.77. The van der Waals surface area contributed by atoms with Gasteiger partial charge < -0.3 is 19.3 Å². The van der Waals surface area contributed by atoms with Gasteiger partial charge in [0.2, 0.25) is 5.91 Å². The number of carbonyl (C=O) groups excluding carboxylic acids is 1.